The van der Waals surface area contributed by atoms with E-state index in [0.717, 1.165) is 27.9 Å². The lowest BCUT2D eigenvalue weighted by atomic mass is 9.98. The number of carbonyl (C=O) groups excluding carboxylic acids is 1. The molecule has 168 valence electrons. The number of aryl methyl sites for hydroxylation is 3. The summed E-state index contributed by atoms with van der Waals surface area (Å²) in [7, 11) is -3.52. The molecule has 7 heteroatoms. The fraction of sp³-hybridized carbons (Fsp3) is 0.458. The van der Waals surface area contributed by atoms with E-state index in [1.54, 1.807) is 12.1 Å². The zero-order chi connectivity index (χ0) is 22.8. The van der Waals surface area contributed by atoms with E-state index in [2.05, 4.69) is 19.2 Å². The molecule has 31 heavy (non-hydrogen) atoms. The van der Waals surface area contributed by atoms with Crippen LogP contribution in [0.3, 0.4) is 0 Å². The third-order valence-corrected chi connectivity index (χ3v) is 7.90. The van der Waals surface area contributed by atoms with Crippen LogP contribution in [0, 0.1) is 20.8 Å². The highest BCUT2D eigenvalue weighted by Gasteiger charge is 2.29. The zero-order valence-corrected chi connectivity index (χ0v) is 19.9. The predicted molar refractivity (Wildman–Crippen MR) is 125 cm³/mol. The number of rotatable bonds is 6. The topological polar surface area (TPSA) is 69.7 Å². The van der Waals surface area contributed by atoms with Crippen LogP contribution in [0.15, 0.2) is 41.3 Å². The van der Waals surface area contributed by atoms with Gasteiger partial charge in [0.25, 0.3) is 0 Å². The third-order valence-electron chi connectivity index (χ3n) is 6.01. The smallest absolute Gasteiger partial charge is 0.243 e. The predicted octanol–water partition coefficient (Wildman–Crippen LogP) is 3.68. The van der Waals surface area contributed by atoms with Gasteiger partial charge < -0.3 is 5.32 Å². The van der Waals surface area contributed by atoms with Gasteiger partial charge in [-0.15, -0.1) is 0 Å². The van der Waals surface area contributed by atoms with E-state index >= 15 is 0 Å². The minimum absolute atomic E-state index is 0.0679. The monoisotopic (exact) mass is 443 g/mol. The van der Waals surface area contributed by atoms with E-state index in [1.165, 1.54) is 4.31 Å². The first-order chi connectivity index (χ1) is 14.6. The molecule has 2 aromatic rings. The molecule has 1 saturated heterocycles. The molecule has 0 unspecified atom stereocenters. The molecule has 0 aromatic heterocycles. The molecule has 0 spiro atoms. The van der Waals surface area contributed by atoms with Crippen molar-refractivity contribution in [1.29, 1.82) is 0 Å². The molecule has 6 nitrogen and oxygen atoms in total. The Bertz CT molecular complexity index is 1060. The highest BCUT2D eigenvalue weighted by molar-refractivity contribution is 7.89. The number of carbonyl (C=O) groups is 1. The molecule has 3 rings (SSSR count). The summed E-state index contributed by atoms with van der Waals surface area (Å²) >= 11 is 0. The van der Waals surface area contributed by atoms with E-state index in [0.29, 0.717) is 37.0 Å². The number of nitrogens with one attached hydrogen (secondary N) is 1. The summed E-state index contributed by atoms with van der Waals surface area (Å²) in [6.07, 6.45) is 0. The van der Waals surface area contributed by atoms with Crippen molar-refractivity contribution >= 4 is 21.6 Å². The number of piperazine rings is 1. The second kappa shape index (κ2) is 9.51. The number of sulfonamides is 1. The average Bonchev–Trinajstić information content (AvgIpc) is 2.71. The number of benzene rings is 2. The third kappa shape index (κ3) is 5.34. The van der Waals surface area contributed by atoms with E-state index in [1.807, 2.05) is 49.9 Å². The van der Waals surface area contributed by atoms with Gasteiger partial charge in [-0.25, -0.2) is 8.42 Å². The fourth-order valence-corrected chi connectivity index (χ4v) is 5.38. The first-order valence-corrected chi connectivity index (χ1v) is 12.2. The highest BCUT2D eigenvalue weighted by Crippen LogP contribution is 2.27. The summed E-state index contributed by atoms with van der Waals surface area (Å²) < 4.78 is 27.5. The molecule has 0 saturated carbocycles. The van der Waals surface area contributed by atoms with Crippen LogP contribution in [0.25, 0.3) is 0 Å². The first-order valence-electron chi connectivity index (χ1n) is 10.8. The second-order valence-corrected chi connectivity index (χ2v) is 10.6. The summed E-state index contributed by atoms with van der Waals surface area (Å²) in [6, 6.07) is 11.3. The van der Waals surface area contributed by atoms with Crippen LogP contribution in [0.5, 0.6) is 0 Å². The van der Waals surface area contributed by atoms with Gasteiger partial charge in [0.15, 0.2) is 0 Å². The molecule has 1 fully saturated rings. The van der Waals surface area contributed by atoms with Gasteiger partial charge in [-0.2, -0.15) is 4.31 Å². The number of hydrogen-bond acceptors (Lipinski definition) is 4. The van der Waals surface area contributed by atoms with Gasteiger partial charge in [0.05, 0.1) is 11.4 Å². The van der Waals surface area contributed by atoms with Gasteiger partial charge in [-0.05, 0) is 61.1 Å². The van der Waals surface area contributed by atoms with Crippen molar-refractivity contribution < 1.29 is 13.2 Å². The number of para-hydroxylation sites is 1. The van der Waals surface area contributed by atoms with Crippen LogP contribution >= 0.6 is 0 Å². The lowest BCUT2D eigenvalue weighted by Gasteiger charge is -2.33. The van der Waals surface area contributed by atoms with Crippen molar-refractivity contribution in [2.45, 2.75) is 45.4 Å². The van der Waals surface area contributed by atoms with E-state index in [9.17, 15) is 13.2 Å². The van der Waals surface area contributed by atoms with Crippen LogP contribution < -0.4 is 5.32 Å². The Morgan fingerprint density at radius 3 is 2.26 bits per heavy atom. The molecule has 1 amide bonds. The van der Waals surface area contributed by atoms with Crippen molar-refractivity contribution in [3.8, 4) is 0 Å². The zero-order valence-electron chi connectivity index (χ0n) is 19.1. The summed E-state index contributed by atoms with van der Waals surface area (Å²) in [5.41, 5.74) is 5.09. The van der Waals surface area contributed by atoms with Crippen LogP contribution in [-0.4, -0.2) is 56.3 Å². The van der Waals surface area contributed by atoms with Crippen molar-refractivity contribution in [1.82, 2.24) is 9.21 Å². The Hall–Kier alpha value is -2.22. The van der Waals surface area contributed by atoms with Gasteiger partial charge >= 0.3 is 0 Å². The Balaban J connectivity index is 1.60. The molecule has 1 aliphatic heterocycles. The molecule has 2 aromatic carbocycles. The molecule has 1 N–H and O–H groups in total. The second-order valence-electron chi connectivity index (χ2n) is 8.67. The molecule has 0 radical (unpaired) electrons. The van der Waals surface area contributed by atoms with Crippen molar-refractivity contribution in [2.24, 2.45) is 0 Å². The van der Waals surface area contributed by atoms with Gasteiger partial charge in [-0.3, -0.25) is 9.69 Å². The maximum absolute atomic E-state index is 13.0. The highest BCUT2D eigenvalue weighted by atomic mass is 32.2. The molecule has 0 bridgehead atoms. The van der Waals surface area contributed by atoms with Crippen LogP contribution in [0.1, 0.15) is 42.0 Å². The Kier molecular flexibility index (Phi) is 7.19. The number of nitrogens with zero attached hydrogens (tertiary/aromatic N) is 2. The lowest BCUT2D eigenvalue weighted by Crippen LogP contribution is -2.50. The van der Waals surface area contributed by atoms with Gasteiger partial charge in [0.2, 0.25) is 15.9 Å². The van der Waals surface area contributed by atoms with Gasteiger partial charge in [0.1, 0.15) is 0 Å². The molecular formula is C24H33N3O3S. The molecule has 0 atom stereocenters. The van der Waals surface area contributed by atoms with Crippen LogP contribution in [-0.2, 0) is 14.8 Å². The van der Waals surface area contributed by atoms with Crippen LogP contribution in [0.4, 0.5) is 5.69 Å². The maximum Gasteiger partial charge on any atom is 0.243 e. The largest absolute Gasteiger partial charge is 0.324 e. The first kappa shape index (κ1) is 23.4. The molecular weight excluding hydrogens is 410 g/mol. The number of hydrogen-bond donors (Lipinski definition) is 1. The van der Waals surface area contributed by atoms with E-state index in [4.69, 9.17) is 0 Å². The maximum atomic E-state index is 13.0. The molecule has 1 aliphatic rings. The minimum Gasteiger partial charge on any atom is -0.324 e. The Morgan fingerprint density at radius 2 is 1.65 bits per heavy atom. The molecule has 1 heterocycles. The Labute approximate surface area is 186 Å². The van der Waals surface area contributed by atoms with E-state index < -0.39 is 10.0 Å². The molecule has 0 aliphatic carbocycles. The fourth-order valence-electron chi connectivity index (χ4n) is 3.88. The number of anilines is 1. The van der Waals surface area contributed by atoms with Crippen molar-refractivity contribution in [3.63, 3.8) is 0 Å². The van der Waals surface area contributed by atoms with Gasteiger partial charge in [-0.1, -0.05) is 38.1 Å². The Morgan fingerprint density at radius 1 is 0.968 bits per heavy atom. The van der Waals surface area contributed by atoms with Crippen LogP contribution in [0.2, 0.25) is 0 Å². The van der Waals surface area contributed by atoms with Crippen molar-refractivity contribution in [2.75, 3.05) is 38.0 Å². The van der Waals surface area contributed by atoms with Crippen molar-refractivity contribution in [3.05, 3.63) is 58.7 Å². The lowest BCUT2D eigenvalue weighted by molar-refractivity contribution is -0.117. The summed E-state index contributed by atoms with van der Waals surface area (Å²) in [6.45, 7) is 12.2. The average molecular weight is 444 g/mol. The summed E-state index contributed by atoms with van der Waals surface area (Å²) in [5, 5.41) is 3.07. The number of amides is 1. The van der Waals surface area contributed by atoms with E-state index in [-0.39, 0.29) is 12.5 Å². The summed E-state index contributed by atoms with van der Waals surface area (Å²) in [5.74, 6) is 0.246. The normalized spacial score (nSPS) is 15.9. The standard InChI is InChI=1S/C24H33N3O3S/c1-17(2)22-8-6-7-19(4)24(22)25-23(28)16-26-11-13-27(14-12-26)31(29,30)21-10-9-18(3)20(5)15-21/h6-10,15,17H,11-14,16H2,1-5H3,(H,25,28). The SMILES string of the molecule is Cc1ccc(S(=O)(=O)N2CCN(CC(=O)Nc3c(C)cccc3C(C)C)CC2)cc1C. The van der Waals surface area contributed by atoms with Gasteiger partial charge in [0, 0.05) is 31.9 Å². The minimum atomic E-state index is -3.52. The quantitative estimate of drug-likeness (QED) is 0.739. The summed E-state index contributed by atoms with van der Waals surface area (Å²) in [4.78, 5) is 15.0.